The van der Waals surface area contributed by atoms with Crippen LogP contribution in [0.3, 0.4) is 0 Å². The van der Waals surface area contributed by atoms with Crippen molar-refractivity contribution in [1.29, 1.82) is 0 Å². The second-order valence-corrected chi connectivity index (χ2v) is 16.2. The Balaban J connectivity index is 1.41. The molecule has 4 aliphatic carbocycles. The van der Waals surface area contributed by atoms with Crippen molar-refractivity contribution in [3.05, 3.63) is 65.5 Å². The second kappa shape index (κ2) is 11.9. The first kappa shape index (κ1) is 31.5. The van der Waals surface area contributed by atoms with Crippen molar-refractivity contribution in [1.82, 2.24) is 10.2 Å². The Morgan fingerprint density at radius 1 is 0.953 bits per heavy atom. The molecule has 4 bridgehead atoms. The predicted molar refractivity (Wildman–Crippen MR) is 167 cm³/mol. The second-order valence-electron chi connectivity index (χ2n) is 14.3. The number of sulfonamides is 1. The fourth-order valence-electron chi connectivity index (χ4n) is 8.22. The van der Waals surface area contributed by atoms with E-state index in [1.54, 1.807) is 12.1 Å². The minimum atomic E-state index is -3.83. The van der Waals surface area contributed by atoms with Crippen LogP contribution in [0.5, 0.6) is 0 Å². The summed E-state index contributed by atoms with van der Waals surface area (Å²) in [6.45, 7) is 7.00. The van der Waals surface area contributed by atoms with E-state index in [-0.39, 0.29) is 17.9 Å². The molecule has 4 aliphatic rings. The molecule has 234 valence electrons. The van der Waals surface area contributed by atoms with Gasteiger partial charge in [0, 0.05) is 12.1 Å². The van der Waals surface area contributed by atoms with Crippen molar-refractivity contribution in [3.8, 4) is 0 Å². The van der Waals surface area contributed by atoms with Gasteiger partial charge >= 0.3 is 0 Å². The van der Waals surface area contributed by atoms with Gasteiger partial charge in [0.15, 0.2) is 0 Å². The lowest BCUT2D eigenvalue weighted by Gasteiger charge is -2.57. The molecule has 0 heterocycles. The third-order valence-electron chi connectivity index (χ3n) is 9.64. The van der Waals surface area contributed by atoms with E-state index in [2.05, 4.69) is 17.4 Å². The van der Waals surface area contributed by atoms with E-state index >= 15 is 0 Å². The van der Waals surface area contributed by atoms with E-state index in [0.29, 0.717) is 17.7 Å². The molecular weight excluding hydrogens is 565 g/mol. The number of hydrogen-bond acceptors (Lipinski definition) is 4. The van der Waals surface area contributed by atoms with Crippen LogP contribution >= 0.6 is 0 Å². The Morgan fingerprint density at radius 3 is 1.95 bits per heavy atom. The molecule has 0 aromatic heterocycles. The maximum Gasteiger partial charge on any atom is 0.244 e. The van der Waals surface area contributed by atoms with Gasteiger partial charge < -0.3 is 10.2 Å². The van der Waals surface area contributed by atoms with Gasteiger partial charge in [-0.05, 0) is 124 Å². The number of benzene rings is 2. The first-order chi connectivity index (χ1) is 20.2. The van der Waals surface area contributed by atoms with Gasteiger partial charge in [-0.15, -0.1) is 0 Å². The van der Waals surface area contributed by atoms with E-state index in [1.807, 2.05) is 39.8 Å². The van der Waals surface area contributed by atoms with Crippen molar-refractivity contribution in [3.63, 3.8) is 0 Å². The number of hydrogen-bond donors (Lipinski definition) is 1. The summed E-state index contributed by atoms with van der Waals surface area (Å²) < 4.78 is 40.9. The standard InChI is InChI=1S/C34H46FN3O4S/c1-6-30(32(40)36-33(2,3)4)37(21-23-7-11-28(35)12-8-23)31(39)22-38(43(5,41)42)29-13-9-27(10-14-29)34-18-24-15-25(19-34)17-26(16-24)20-34/h7-14,24-26,30H,6,15-22H2,1-5H3,(H,36,40)/t24?,25?,26?,30-,34?/m0/s1. The average Bonchev–Trinajstić information content (AvgIpc) is 2.90. The van der Waals surface area contributed by atoms with Gasteiger partial charge in [0.1, 0.15) is 18.4 Å². The number of amides is 2. The van der Waals surface area contributed by atoms with Crippen LogP contribution in [0.2, 0.25) is 0 Å². The largest absolute Gasteiger partial charge is 0.350 e. The summed E-state index contributed by atoms with van der Waals surface area (Å²) in [6, 6.07) is 12.7. The molecule has 9 heteroatoms. The van der Waals surface area contributed by atoms with Gasteiger partial charge in [-0.2, -0.15) is 0 Å². The predicted octanol–water partition coefficient (Wildman–Crippen LogP) is 5.78. The highest BCUT2D eigenvalue weighted by atomic mass is 32.2. The summed E-state index contributed by atoms with van der Waals surface area (Å²) in [7, 11) is -3.83. The molecular formula is C34H46FN3O4S. The molecule has 4 saturated carbocycles. The smallest absolute Gasteiger partial charge is 0.244 e. The zero-order valence-corrected chi connectivity index (χ0v) is 26.9. The summed E-state index contributed by atoms with van der Waals surface area (Å²) in [5, 5.41) is 2.95. The number of rotatable bonds is 10. The molecule has 0 aliphatic heterocycles. The van der Waals surface area contributed by atoms with Crippen LogP contribution in [0.15, 0.2) is 48.5 Å². The number of carbonyl (C=O) groups excluding carboxylic acids is 2. The fourth-order valence-corrected chi connectivity index (χ4v) is 9.07. The van der Waals surface area contributed by atoms with Crippen LogP contribution in [0, 0.1) is 23.6 Å². The summed E-state index contributed by atoms with van der Waals surface area (Å²) in [6.07, 6.45) is 9.10. The SMILES string of the molecule is CC[C@@H](C(=O)NC(C)(C)C)N(Cc1ccc(F)cc1)C(=O)CN(c1ccc(C23CC4CC(CC(C4)C2)C3)cc1)S(C)(=O)=O. The Hall–Kier alpha value is -2.94. The average molecular weight is 612 g/mol. The van der Waals surface area contributed by atoms with Crippen LogP contribution in [0.1, 0.15) is 83.8 Å². The summed E-state index contributed by atoms with van der Waals surface area (Å²) >= 11 is 0. The number of halogens is 1. The lowest BCUT2D eigenvalue weighted by atomic mass is 9.48. The molecule has 1 N–H and O–H groups in total. The molecule has 0 radical (unpaired) electrons. The lowest BCUT2D eigenvalue weighted by molar-refractivity contribution is -0.141. The van der Waals surface area contributed by atoms with Crippen LogP contribution in [0.4, 0.5) is 10.1 Å². The minimum Gasteiger partial charge on any atom is -0.350 e. The molecule has 1 atom stereocenters. The molecule has 0 spiro atoms. The van der Waals surface area contributed by atoms with Gasteiger partial charge in [0.2, 0.25) is 21.8 Å². The Bertz CT molecular complexity index is 1400. The van der Waals surface area contributed by atoms with E-state index < -0.39 is 39.9 Å². The van der Waals surface area contributed by atoms with Crippen LogP contribution in [0.25, 0.3) is 0 Å². The van der Waals surface area contributed by atoms with E-state index in [9.17, 15) is 22.4 Å². The van der Waals surface area contributed by atoms with Gasteiger partial charge in [-0.3, -0.25) is 13.9 Å². The maximum atomic E-state index is 14.0. The molecule has 2 amide bonds. The summed E-state index contributed by atoms with van der Waals surface area (Å²) in [5.74, 6) is 1.16. The molecule has 6 rings (SSSR count). The van der Waals surface area contributed by atoms with Gasteiger partial charge in [-0.1, -0.05) is 31.2 Å². The zero-order chi connectivity index (χ0) is 31.2. The maximum absolute atomic E-state index is 14.0. The molecule has 4 fully saturated rings. The highest BCUT2D eigenvalue weighted by molar-refractivity contribution is 7.92. The van der Waals surface area contributed by atoms with Crippen LogP contribution in [-0.4, -0.2) is 49.5 Å². The topological polar surface area (TPSA) is 86.8 Å². The molecule has 2 aromatic carbocycles. The lowest BCUT2D eigenvalue weighted by Crippen LogP contribution is -2.55. The molecule has 0 saturated heterocycles. The summed E-state index contributed by atoms with van der Waals surface area (Å²) in [5.41, 5.74) is 2.00. The molecule has 0 unspecified atom stereocenters. The molecule has 43 heavy (non-hydrogen) atoms. The van der Waals surface area contributed by atoms with Crippen molar-refractivity contribution < 1.29 is 22.4 Å². The van der Waals surface area contributed by atoms with E-state index in [4.69, 9.17) is 0 Å². The Kier molecular flexibility index (Phi) is 8.69. The van der Waals surface area contributed by atoms with E-state index in [1.165, 1.54) is 61.1 Å². The first-order valence-corrected chi connectivity index (χ1v) is 17.4. The third kappa shape index (κ3) is 7.08. The van der Waals surface area contributed by atoms with Gasteiger partial charge in [-0.25, -0.2) is 12.8 Å². The zero-order valence-electron chi connectivity index (χ0n) is 26.1. The van der Waals surface area contributed by atoms with Gasteiger partial charge in [0.25, 0.3) is 0 Å². The van der Waals surface area contributed by atoms with Crippen molar-refractivity contribution in [2.45, 2.75) is 96.2 Å². The number of carbonyl (C=O) groups is 2. The monoisotopic (exact) mass is 611 g/mol. The van der Waals surface area contributed by atoms with E-state index in [0.717, 1.165) is 28.3 Å². The molecule has 2 aromatic rings. The minimum absolute atomic E-state index is 0.0394. The van der Waals surface area contributed by atoms with Crippen molar-refractivity contribution in [2.75, 3.05) is 17.1 Å². The quantitative estimate of drug-likeness (QED) is 0.369. The Morgan fingerprint density at radius 2 is 1.49 bits per heavy atom. The van der Waals surface area contributed by atoms with Crippen molar-refractivity contribution >= 4 is 27.5 Å². The molecule has 7 nitrogen and oxygen atoms in total. The summed E-state index contributed by atoms with van der Waals surface area (Å²) in [4.78, 5) is 28.7. The number of nitrogens with one attached hydrogen (secondary N) is 1. The Labute approximate surface area is 256 Å². The normalized spacial score (nSPS) is 25.3. The van der Waals surface area contributed by atoms with Crippen LogP contribution in [-0.2, 0) is 31.6 Å². The number of anilines is 1. The van der Waals surface area contributed by atoms with Gasteiger partial charge in [0.05, 0.1) is 11.9 Å². The highest BCUT2D eigenvalue weighted by Gasteiger charge is 2.51. The van der Waals surface area contributed by atoms with Crippen molar-refractivity contribution in [2.24, 2.45) is 17.8 Å². The highest BCUT2D eigenvalue weighted by Crippen LogP contribution is 2.60. The number of nitrogens with zero attached hydrogens (tertiary/aromatic N) is 2. The fraction of sp³-hybridized carbons (Fsp3) is 0.588. The third-order valence-corrected chi connectivity index (χ3v) is 10.8. The first-order valence-electron chi connectivity index (χ1n) is 15.6. The van der Waals surface area contributed by atoms with Crippen LogP contribution < -0.4 is 9.62 Å².